The first-order valence-electron chi connectivity index (χ1n) is 13.0. The summed E-state index contributed by atoms with van der Waals surface area (Å²) >= 11 is 0. The molecule has 1 heteroatoms. The van der Waals surface area contributed by atoms with Gasteiger partial charge < -0.3 is 4.90 Å². The van der Waals surface area contributed by atoms with E-state index in [1.807, 2.05) is 0 Å². The monoisotopic (exact) mass is 477 g/mol. The highest BCUT2D eigenvalue weighted by Gasteiger charge is 2.35. The molecule has 180 valence electrons. The van der Waals surface area contributed by atoms with E-state index in [0.29, 0.717) is 0 Å². The van der Waals surface area contributed by atoms with Gasteiger partial charge in [-0.15, -0.1) is 0 Å². The zero-order chi connectivity index (χ0) is 25.2. The number of hydrogen-bond donors (Lipinski definition) is 0. The highest BCUT2D eigenvalue weighted by atomic mass is 15.0. The molecule has 0 radical (unpaired) electrons. The van der Waals surface area contributed by atoms with Crippen LogP contribution >= 0.6 is 0 Å². The van der Waals surface area contributed by atoms with Crippen molar-refractivity contribution >= 4 is 16.7 Å². The van der Waals surface area contributed by atoms with Crippen LogP contribution in [0.15, 0.2) is 156 Å². The molecule has 0 bridgehead atoms. The topological polar surface area (TPSA) is 3.24 Å². The van der Waals surface area contributed by atoms with Gasteiger partial charge in [-0.25, -0.2) is 0 Å². The average molecular weight is 478 g/mol. The van der Waals surface area contributed by atoms with Crippen molar-refractivity contribution in [2.45, 2.75) is 0 Å². The zero-order valence-corrected chi connectivity index (χ0v) is 21.4. The van der Waals surface area contributed by atoms with E-state index >= 15 is 0 Å². The van der Waals surface area contributed by atoms with Crippen molar-refractivity contribution in [2.24, 2.45) is 5.92 Å². The van der Waals surface area contributed by atoms with Gasteiger partial charge in [-0.05, 0) is 69.8 Å². The standard InChI is InChI=1S/C36H31N/c1-37(2)25-29-21-14-24-30(29)36-32-23-13-12-22-31(32)33(26-15-6-3-7-16-26)34(27-17-8-4-9-18-27)35(36)28-19-10-5-11-20-28/h3-24,32H,25H2,1-2H3/b36-30-. The van der Waals surface area contributed by atoms with Crippen LogP contribution in [0.2, 0.25) is 0 Å². The number of fused-ring (bicyclic) bond motifs is 1. The van der Waals surface area contributed by atoms with E-state index in [1.165, 1.54) is 55.7 Å². The number of benzene rings is 3. The summed E-state index contributed by atoms with van der Waals surface area (Å²) in [5, 5.41) is 0. The third-order valence-corrected chi connectivity index (χ3v) is 7.26. The predicted molar refractivity (Wildman–Crippen MR) is 158 cm³/mol. The molecule has 0 saturated heterocycles. The van der Waals surface area contributed by atoms with Crippen molar-refractivity contribution in [3.8, 4) is 0 Å². The number of hydrogen-bond acceptors (Lipinski definition) is 1. The van der Waals surface area contributed by atoms with Crippen LogP contribution in [0.5, 0.6) is 0 Å². The highest BCUT2D eigenvalue weighted by Crippen LogP contribution is 2.54. The van der Waals surface area contributed by atoms with Gasteiger partial charge in [0.25, 0.3) is 0 Å². The fraction of sp³-hybridized carbons (Fsp3) is 0.111. The van der Waals surface area contributed by atoms with Gasteiger partial charge in [0.2, 0.25) is 0 Å². The van der Waals surface area contributed by atoms with Gasteiger partial charge >= 0.3 is 0 Å². The lowest BCUT2D eigenvalue weighted by Gasteiger charge is -2.36. The van der Waals surface area contributed by atoms with Gasteiger partial charge in [-0.3, -0.25) is 0 Å². The summed E-state index contributed by atoms with van der Waals surface area (Å²) in [6, 6.07) is 32.8. The molecule has 1 unspecified atom stereocenters. The van der Waals surface area contributed by atoms with Gasteiger partial charge in [0.05, 0.1) is 0 Å². The van der Waals surface area contributed by atoms with E-state index in [2.05, 4.69) is 153 Å². The van der Waals surface area contributed by atoms with Crippen LogP contribution in [0.25, 0.3) is 16.7 Å². The van der Waals surface area contributed by atoms with Crippen molar-refractivity contribution in [3.63, 3.8) is 0 Å². The number of nitrogens with zero attached hydrogens (tertiary/aromatic N) is 1. The van der Waals surface area contributed by atoms with Crippen LogP contribution in [0.4, 0.5) is 0 Å². The van der Waals surface area contributed by atoms with Gasteiger partial charge in [0.1, 0.15) is 0 Å². The minimum atomic E-state index is 0.172. The summed E-state index contributed by atoms with van der Waals surface area (Å²) in [7, 11) is 4.29. The summed E-state index contributed by atoms with van der Waals surface area (Å²) < 4.78 is 0. The molecule has 0 heterocycles. The summed E-state index contributed by atoms with van der Waals surface area (Å²) in [4.78, 5) is 2.26. The van der Waals surface area contributed by atoms with Crippen LogP contribution in [0.1, 0.15) is 16.7 Å². The largest absolute Gasteiger partial charge is 0.305 e. The molecule has 3 aliphatic rings. The third kappa shape index (κ3) is 4.33. The Bertz CT molecular complexity index is 1520. The molecule has 0 saturated carbocycles. The normalized spacial score (nSPS) is 20.6. The molecular formula is C36H31N. The number of allylic oxidation sites excluding steroid dienone is 12. The van der Waals surface area contributed by atoms with Gasteiger partial charge in [-0.2, -0.15) is 0 Å². The Morgan fingerprint density at radius 2 is 1.16 bits per heavy atom. The Labute approximate surface area is 220 Å². The van der Waals surface area contributed by atoms with E-state index in [9.17, 15) is 0 Å². The molecule has 1 atom stereocenters. The number of likely N-dealkylation sites (N-methyl/N-ethyl adjacent to an activating group) is 1. The van der Waals surface area contributed by atoms with Gasteiger partial charge in [0, 0.05) is 12.5 Å². The molecular weight excluding hydrogens is 446 g/mol. The molecule has 0 N–H and O–H groups in total. The Kier molecular flexibility index (Phi) is 6.30. The zero-order valence-electron chi connectivity index (χ0n) is 21.4. The minimum Gasteiger partial charge on any atom is -0.305 e. The van der Waals surface area contributed by atoms with Crippen LogP contribution in [0, 0.1) is 5.92 Å². The third-order valence-electron chi connectivity index (χ3n) is 7.26. The Hall–Kier alpha value is -4.20. The molecule has 0 fully saturated rings. The second-order valence-electron chi connectivity index (χ2n) is 10.0. The molecule has 37 heavy (non-hydrogen) atoms. The number of rotatable bonds is 5. The summed E-state index contributed by atoms with van der Waals surface area (Å²) in [5.74, 6) is 0.172. The first-order valence-corrected chi connectivity index (χ1v) is 13.0. The summed E-state index contributed by atoms with van der Waals surface area (Å²) in [6.45, 7) is 0.908. The van der Waals surface area contributed by atoms with Gasteiger partial charge in [-0.1, -0.05) is 134 Å². The molecule has 6 rings (SSSR count). The fourth-order valence-corrected chi connectivity index (χ4v) is 5.81. The molecule has 0 aromatic heterocycles. The van der Waals surface area contributed by atoms with Crippen LogP contribution in [0.3, 0.4) is 0 Å². The first kappa shape index (κ1) is 23.2. The predicted octanol–water partition coefficient (Wildman–Crippen LogP) is 8.16. The summed E-state index contributed by atoms with van der Waals surface area (Å²) in [5.41, 5.74) is 13.2. The molecule has 1 nitrogen and oxygen atoms in total. The highest BCUT2D eigenvalue weighted by molar-refractivity contribution is 6.21. The van der Waals surface area contributed by atoms with Crippen LogP contribution in [-0.4, -0.2) is 25.5 Å². The van der Waals surface area contributed by atoms with Crippen molar-refractivity contribution < 1.29 is 0 Å². The molecule has 0 amide bonds. The van der Waals surface area contributed by atoms with E-state index < -0.39 is 0 Å². The molecule has 0 aliphatic heterocycles. The van der Waals surface area contributed by atoms with Crippen molar-refractivity contribution in [1.29, 1.82) is 0 Å². The minimum absolute atomic E-state index is 0.172. The average Bonchev–Trinajstić information content (AvgIpc) is 3.40. The first-order chi connectivity index (χ1) is 18.2. The molecule has 3 aliphatic carbocycles. The summed E-state index contributed by atoms with van der Waals surface area (Å²) in [6.07, 6.45) is 15.9. The molecule has 3 aromatic carbocycles. The van der Waals surface area contributed by atoms with Crippen molar-refractivity contribution in [2.75, 3.05) is 20.6 Å². The van der Waals surface area contributed by atoms with E-state index in [1.54, 1.807) is 0 Å². The van der Waals surface area contributed by atoms with Crippen LogP contribution in [-0.2, 0) is 0 Å². The second kappa shape index (κ2) is 10.0. The van der Waals surface area contributed by atoms with Gasteiger partial charge in [0.15, 0.2) is 0 Å². The molecule has 3 aromatic rings. The lowest BCUT2D eigenvalue weighted by atomic mass is 9.67. The van der Waals surface area contributed by atoms with Crippen LogP contribution < -0.4 is 0 Å². The lowest BCUT2D eigenvalue weighted by molar-refractivity contribution is 0.448. The fourth-order valence-electron chi connectivity index (χ4n) is 5.81. The maximum Gasteiger partial charge on any atom is 0.0291 e. The van der Waals surface area contributed by atoms with E-state index in [-0.39, 0.29) is 5.92 Å². The second-order valence-corrected chi connectivity index (χ2v) is 10.0. The Morgan fingerprint density at radius 1 is 0.595 bits per heavy atom. The smallest absolute Gasteiger partial charge is 0.0291 e. The van der Waals surface area contributed by atoms with Crippen molar-refractivity contribution in [1.82, 2.24) is 4.90 Å². The Balaban J connectivity index is 1.77. The van der Waals surface area contributed by atoms with E-state index in [4.69, 9.17) is 0 Å². The lowest BCUT2D eigenvalue weighted by Crippen LogP contribution is -2.21. The quantitative estimate of drug-likeness (QED) is 0.358. The maximum absolute atomic E-state index is 2.38. The maximum atomic E-state index is 2.38. The SMILES string of the molecule is CN(C)CC1=CC=C/C1=C1/C(c2ccccc2)=C(c2ccccc2)C(c2ccccc2)=C2C=CC=CC21. The van der Waals surface area contributed by atoms with E-state index in [0.717, 1.165) is 6.54 Å². The van der Waals surface area contributed by atoms with Crippen molar-refractivity contribution in [3.05, 3.63) is 173 Å². The molecule has 0 spiro atoms. The Morgan fingerprint density at radius 3 is 1.76 bits per heavy atom.